The molecule has 1 aromatic heterocycles. The highest BCUT2D eigenvalue weighted by Crippen LogP contribution is 2.30. The molecule has 1 saturated carbocycles. The van der Waals surface area contributed by atoms with Gasteiger partial charge in [-0.25, -0.2) is 4.98 Å². The van der Waals surface area contributed by atoms with Gasteiger partial charge in [0.1, 0.15) is 11.0 Å². The predicted molar refractivity (Wildman–Crippen MR) is 71.1 cm³/mol. The first kappa shape index (κ1) is 13.1. The minimum absolute atomic E-state index is 0.00272. The van der Waals surface area contributed by atoms with E-state index in [4.69, 9.17) is 11.6 Å². The highest BCUT2D eigenvalue weighted by Gasteiger charge is 2.22. The van der Waals surface area contributed by atoms with Crippen LogP contribution < -0.4 is 4.90 Å². The van der Waals surface area contributed by atoms with Gasteiger partial charge in [0.2, 0.25) is 0 Å². The Morgan fingerprint density at radius 1 is 1.56 bits per heavy atom. The summed E-state index contributed by atoms with van der Waals surface area (Å²) in [6, 6.07) is 2.77. The van der Waals surface area contributed by atoms with Gasteiger partial charge in [-0.05, 0) is 25.7 Å². The van der Waals surface area contributed by atoms with E-state index in [0.29, 0.717) is 11.7 Å². The largest absolute Gasteiger partial charge is 0.356 e. The first-order chi connectivity index (χ1) is 8.60. The van der Waals surface area contributed by atoms with Crippen molar-refractivity contribution < 1.29 is 4.92 Å². The lowest BCUT2D eigenvalue weighted by molar-refractivity contribution is -0.384. The van der Waals surface area contributed by atoms with Gasteiger partial charge >= 0.3 is 0 Å². The van der Waals surface area contributed by atoms with E-state index in [1.807, 2.05) is 6.92 Å². The molecule has 2 rings (SSSR count). The van der Waals surface area contributed by atoms with Gasteiger partial charge in [0, 0.05) is 13.1 Å². The molecule has 0 N–H and O–H groups in total. The van der Waals surface area contributed by atoms with Gasteiger partial charge in [-0.2, -0.15) is 0 Å². The third kappa shape index (κ3) is 2.90. The maximum absolute atomic E-state index is 10.8. The van der Waals surface area contributed by atoms with Crippen molar-refractivity contribution in [1.29, 1.82) is 0 Å². The van der Waals surface area contributed by atoms with Crippen molar-refractivity contribution in [3.63, 3.8) is 0 Å². The summed E-state index contributed by atoms with van der Waals surface area (Å²) in [5.41, 5.74) is -0.00272. The minimum atomic E-state index is -0.436. The molecule has 0 radical (unpaired) electrons. The summed E-state index contributed by atoms with van der Waals surface area (Å²) in [5.74, 6) is 1.29. The zero-order valence-corrected chi connectivity index (χ0v) is 11.1. The van der Waals surface area contributed by atoms with E-state index < -0.39 is 4.92 Å². The minimum Gasteiger partial charge on any atom is -0.356 e. The average Bonchev–Trinajstić information content (AvgIpc) is 2.27. The predicted octanol–water partition coefficient (Wildman–Crippen LogP) is 3.27. The zero-order chi connectivity index (χ0) is 13.1. The summed E-state index contributed by atoms with van der Waals surface area (Å²) in [4.78, 5) is 16.6. The molecule has 0 unspecified atom stereocenters. The molecular formula is C12H16ClN3O2. The SMILES string of the molecule is CCN(CC1CCC1)c1cc([N+](=O)[O-])cc(Cl)n1. The number of hydrogen-bond donors (Lipinski definition) is 0. The highest BCUT2D eigenvalue weighted by molar-refractivity contribution is 6.29. The van der Waals surface area contributed by atoms with Crippen LogP contribution in [0, 0.1) is 16.0 Å². The van der Waals surface area contributed by atoms with Crippen molar-refractivity contribution in [2.75, 3.05) is 18.0 Å². The molecule has 1 aromatic rings. The highest BCUT2D eigenvalue weighted by atomic mass is 35.5. The molecular weight excluding hydrogens is 254 g/mol. The number of pyridine rings is 1. The first-order valence-corrected chi connectivity index (χ1v) is 6.55. The van der Waals surface area contributed by atoms with Gasteiger partial charge in [0.05, 0.1) is 17.1 Å². The first-order valence-electron chi connectivity index (χ1n) is 6.17. The van der Waals surface area contributed by atoms with Crippen LogP contribution in [0.3, 0.4) is 0 Å². The Hall–Kier alpha value is -1.36. The number of nitro groups is 1. The molecule has 0 atom stereocenters. The summed E-state index contributed by atoms with van der Waals surface area (Å²) in [7, 11) is 0. The van der Waals surface area contributed by atoms with Gasteiger partial charge in [-0.1, -0.05) is 18.0 Å². The summed E-state index contributed by atoms with van der Waals surface area (Å²) in [6.07, 6.45) is 3.75. The van der Waals surface area contributed by atoms with E-state index >= 15 is 0 Å². The van der Waals surface area contributed by atoms with Crippen molar-refractivity contribution >= 4 is 23.1 Å². The molecule has 0 aromatic carbocycles. The lowest BCUT2D eigenvalue weighted by Gasteiger charge is -2.32. The normalized spacial score (nSPS) is 15.2. The smallest absolute Gasteiger partial charge is 0.276 e. The second-order valence-corrected chi connectivity index (χ2v) is 4.99. The van der Waals surface area contributed by atoms with Crippen LogP contribution in [0.4, 0.5) is 11.5 Å². The van der Waals surface area contributed by atoms with Crippen LogP contribution in [0.15, 0.2) is 12.1 Å². The number of hydrogen-bond acceptors (Lipinski definition) is 4. The number of nitrogens with zero attached hydrogens (tertiary/aromatic N) is 3. The average molecular weight is 270 g/mol. The molecule has 18 heavy (non-hydrogen) atoms. The Bertz CT molecular complexity index is 449. The van der Waals surface area contributed by atoms with Gasteiger partial charge in [0.25, 0.3) is 5.69 Å². The van der Waals surface area contributed by atoms with Crippen molar-refractivity contribution in [1.82, 2.24) is 4.98 Å². The summed E-state index contributed by atoms with van der Waals surface area (Å²) in [6.45, 7) is 3.70. The standard InChI is InChI=1S/C12H16ClN3O2/c1-2-15(8-9-4-3-5-9)12-7-10(16(17)18)6-11(13)14-12/h6-7,9H,2-5,8H2,1H3. The van der Waals surface area contributed by atoms with Crippen LogP contribution in [-0.2, 0) is 0 Å². The zero-order valence-electron chi connectivity index (χ0n) is 10.3. The van der Waals surface area contributed by atoms with Crippen molar-refractivity contribution in [2.24, 2.45) is 5.92 Å². The number of rotatable bonds is 5. The lowest BCUT2D eigenvalue weighted by atomic mass is 9.85. The number of halogens is 1. The van der Waals surface area contributed by atoms with E-state index in [9.17, 15) is 10.1 Å². The molecule has 5 nitrogen and oxygen atoms in total. The van der Waals surface area contributed by atoms with E-state index in [0.717, 1.165) is 13.1 Å². The monoisotopic (exact) mass is 269 g/mol. The fourth-order valence-electron chi connectivity index (χ4n) is 2.11. The topological polar surface area (TPSA) is 59.3 Å². The Morgan fingerprint density at radius 2 is 2.28 bits per heavy atom. The summed E-state index contributed by atoms with van der Waals surface area (Å²) < 4.78 is 0. The van der Waals surface area contributed by atoms with Crippen LogP contribution >= 0.6 is 11.6 Å². The molecule has 0 bridgehead atoms. The van der Waals surface area contributed by atoms with Crippen molar-refractivity contribution in [3.05, 3.63) is 27.4 Å². The molecule has 1 fully saturated rings. The summed E-state index contributed by atoms with van der Waals surface area (Å²) >= 11 is 5.84. The molecule has 6 heteroatoms. The van der Waals surface area contributed by atoms with E-state index in [1.54, 1.807) is 0 Å². The van der Waals surface area contributed by atoms with Crippen molar-refractivity contribution in [3.8, 4) is 0 Å². The van der Waals surface area contributed by atoms with Crippen LogP contribution in [0.5, 0.6) is 0 Å². The summed E-state index contributed by atoms with van der Waals surface area (Å²) in [5, 5.41) is 11.0. The molecule has 98 valence electrons. The molecule has 1 aliphatic carbocycles. The second kappa shape index (κ2) is 5.52. The number of anilines is 1. The Kier molecular flexibility index (Phi) is 4.01. The van der Waals surface area contributed by atoms with Crippen molar-refractivity contribution in [2.45, 2.75) is 26.2 Å². The Balaban J connectivity index is 2.20. The van der Waals surface area contributed by atoms with E-state index in [-0.39, 0.29) is 10.8 Å². The molecule has 0 spiro atoms. The van der Waals surface area contributed by atoms with Crippen LogP contribution in [0.25, 0.3) is 0 Å². The lowest BCUT2D eigenvalue weighted by Crippen LogP contribution is -2.33. The molecule has 0 aliphatic heterocycles. The van der Waals surface area contributed by atoms with Crippen LogP contribution in [0.2, 0.25) is 5.15 Å². The third-order valence-electron chi connectivity index (χ3n) is 3.39. The number of aromatic nitrogens is 1. The van der Waals surface area contributed by atoms with Crippen LogP contribution in [-0.4, -0.2) is 23.0 Å². The van der Waals surface area contributed by atoms with E-state index in [1.165, 1.54) is 31.4 Å². The third-order valence-corrected chi connectivity index (χ3v) is 3.58. The Labute approximate surface area is 111 Å². The second-order valence-electron chi connectivity index (χ2n) is 4.60. The van der Waals surface area contributed by atoms with Gasteiger partial charge in [-0.3, -0.25) is 10.1 Å². The Morgan fingerprint density at radius 3 is 2.78 bits per heavy atom. The molecule has 1 aliphatic rings. The van der Waals surface area contributed by atoms with Gasteiger partial charge < -0.3 is 4.90 Å². The maximum Gasteiger partial charge on any atom is 0.276 e. The fraction of sp³-hybridized carbons (Fsp3) is 0.583. The van der Waals surface area contributed by atoms with Gasteiger partial charge in [-0.15, -0.1) is 0 Å². The quantitative estimate of drug-likeness (QED) is 0.468. The van der Waals surface area contributed by atoms with Gasteiger partial charge in [0.15, 0.2) is 0 Å². The molecule has 1 heterocycles. The fourth-order valence-corrected chi connectivity index (χ4v) is 2.31. The molecule has 0 saturated heterocycles. The van der Waals surface area contributed by atoms with Crippen LogP contribution in [0.1, 0.15) is 26.2 Å². The van der Waals surface area contributed by atoms with E-state index in [2.05, 4.69) is 9.88 Å². The maximum atomic E-state index is 10.8. The molecule has 0 amide bonds.